The fourth-order valence-corrected chi connectivity index (χ4v) is 1.75. The van der Waals surface area contributed by atoms with Gasteiger partial charge in [0.1, 0.15) is 17.9 Å². The Morgan fingerprint density at radius 3 is 2.89 bits per heavy atom. The highest BCUT2D eigenvalue weighted by atomic mass is 19.1. The van der Waals surface area contributed by atoms with Crippen LogP contribution in [0, 0.1) is 17.1 Å². The Morgan fingerprint density at radius 1 is 1.44 bits per heavy atom. The summed E-state index contributed by atoms with van der Waals surface area (Å²) in [6.45, 7) is 0. The number of anilines is 1. The molecule has 0 bridgehead atoms. The van der Waals surface area contributed by atoms with Gasteiger partial charge >= 0.3 is 0 Å². The van der Waals surface area contributed by atoms with Crippen LogP contribution in [0.1, 0.15) is 18.4 Å². The van der Waals surface area contributed by atoms with E-state index in [0.29, 0.717) is 12.1 Å². The number of piperidine rings is 1. The van der Waals surface area contributed by atoms with Crippen LogP contribution < -0.4 is 10.6 Å². The number of hydrogen-bond acceptors (Lipinski definition) is 4. The highest BCUT2D eigenvalue weighted by molar-refractivity contribution is 6.01. The number of benzene rings is 1. The summed E-state index contributed by atoms with van der Waals surface area (Å²) in [4.78, 5) is 22.5. The van der Waals surface area contributed by atoms with E-state index < -0.39 is 17.8 Å². The molecular formula is C12H10FN3O2. The van der Waals surface area contributed by atoms with Gasteiger partial charge in [-0.1, -0.05) is 0 Å². The fraction of sp³-hybridized carbons (Fsp3) is 0.250. The van der Waals surface area contributed by atoms with Gasteiger partial charge in [0.15, 0.2) is 0 Å². The van der Waals surface area contributed by atoms with Crippen molar-refractivity contribution in [3.8, 4) is 6.07 Å². The molecule has 1 unspecified atom stereocenters. The number of nitrogens with one attached hydrogen (secondary N) is 2. The van der Waals surface area contributed by atoms with E-state index in [1.54, 1.807) is 0 Å². The van der Waals surface area contributed by atoms with Gasteiger partial charge in [0.2, 0.25) is 11.8 Å². The van der Waals surface area contributed by atoms with Crippen LogP contribution in [0.25, 0.3) is 0 Å². The second-order valence-electron chi connectivity index (χ2n) is 3.95. The molecule has 0 spiro atoms. The normalized spacial score (nSPS) is 19.0. The maximum atomic E-state index is 12.9. The molecule has 1 aliphatic heterocycles. The van der Waals surface area contributed by atoms with E-state index in [1.807, 2.05) is 6.07 Å². The SMILES string of the molecule is N#Cc1cc(F)ccc1NC1CCC(=O)NC1=O. The van der Waals surface area contributed by atoms with Crippen molar-refractivity contribution in [3.63, 3.8) is 0 Å². The lowest BCUT2D eigenvalue weighted by Crippen LogP contribution is -2.47. The quantitative estimate of drug-likeness (QED) is 0.761. The number of imide groups is 1. The molecule has 1 heterocycles. The molecule has 2 N–H and O–H groups in total. The first kappa shape index (κ1) is 12.0. The molecule has 2 amide bonds. The minimum absolute atomic E-state index is 0.125. The molecule has 1 aliphatic rings. The fourth-order valence-electron chi connectivity index (χ4n) is 1.75. The van der Waals surface area contributed by atoms with Crippen LogP contribution in [0.2, 0.25) is 0 Å². The number of rotatable bonds is 2. The van der Waals surface area contributed by atoms with Gasteiger partial charge in [0.05, 0.1) is 11.3 Å². The average Bonchev–Trinajstić information content (AvgIpc) is 2.34. The van der Waals surface area contributed by atoms with E-state index in [4.69, 9.17) is 5.26 Å². The van der Waals surface area contributed by atoms with Gasteiger partial charge in [-0.15, -0.1) is 0 Å². The summed E-state index contributed by atoms with van der Waals surface area (Å²) in [6, 6.07) is 4.96. The Kier molecular flexibility index (Phi) is 3.24. The third-order valence-corrected chi connectivity index (χ3v) is 2.67. The lowest BCUT2D eigenvalue weighted by Gasteiger charge is -2.23. The lowest BCUT2D eigenvalue weighted by molar-refractivity contribution is -0.133. The van der Waals surface area contributed by atoms with Gasteiger partial charge in [-0.25, -0.2) is 4.39 Å². The molecule has 1 aromatic rings. The summed E-state index contributed by atoms with van der Waals surface area (Å²) in [7, 11) is 0. The smallest absolute Gasteiger partial charge is 0.249 e. The van der Waals surface area contributed by atoms with Gasteiger partial charge < -0.3 is 5.32 Å². The predicted octanol–water partition coefficient (Wildman–Crippen LogP) is 0.914. The van der Waals surface area contributed by atoms with Crippen molar-refractivity contribution in [3.05, 3.63) is 29.6 Å². The zero-order valence-corrected chi connectivity index (χ0v) is 9.37. The number of nitrogens with zero attached hydrogens (tertiary/aromatic N) is 1. The number of carbonyl (C=O) groups excluding carboxylic acids is 2. The van der Waals surface area contributed by atoms with Crippen molar-refractivity contribution < 1.29 is 14.0 Å². The van der Waals surface area contributed by atoms with E-state index in [2.05, 4.69) is 10.6 Å². The second kappa shape index (κ2) is 4.84. The van der Waals surface area contributed by atoms with E-state index in [-0.39, 0.29) is 17.9 Å². The van der Waals surface area contributed by atoms with Crippen molar-refractivity contribution in [2.75, 3.05) is 5.32 Å². The molecule has 0 aromatic heterocycles. The number of hydrogen-bond donors (Lipinski definition) is 2. The van der Waals surface area contributed by atoms with Crippen LogP contribution in [0.3, 0.4) is 0 Å². The third kappa shape index (κ3) is 2.46. The number of amides is 2. The molecular weight excluding hydrogens is 237 g/mol. The standard InChI is InChI=1S/C12H10FN3O2/c13-8-1-2-9(7(5-8)6-14)15-10-3-4-11(17)16-12(10)18/h1-2,5,10,15H,3-4H2,(H,16,17,18). The van der Waals surface area contributed by atoms with Gasteiger partial charge in [-0.3, -0.25) is 14.9 Å². The van der Waals surface area contributed by atoms with Gasteiger partial charge in [-0.2, -0.15) is 5.26 Å². The monoisotopic (exact) mass is 247 g/mol. The van der Waals surface area contributed by atoms with Crippen LogP contribution >= 0.6 is 0 Å². The molecule has 0 saturated carbocycles. The molecule has 1 saturated heterocycles. The first-order valence-electron chi connectivity index (χ1n) is 5.40. The van der Waals surface area contributed by atoms with E-state index in [1.165, 1.54) is 12.1 Å². The number of halogens is 1. The van der Waals surface area contributed by atoms with Crippen molar-refractivity contribution >= 4 is 17.5 Å². The van der Waals surface area contributed by atoms with E-state index >= 15 is 0 Å². The first-order valence-corrected chi connectivity index (χ1v) is 5.40. The summed E-state index contributed by atoms with van der Waals surface area (Å²) < 4.78 is 12.9. The Bertz CT molecular complexity index is 551. The molecule has 5 nitrogen and oxygen atoms in total. The third-order valence-electron chi connectivity index (χ3n) is 2.67. The van der Waals surface area contributed by atoms with Crippen molar-refractivity contribution in [1.82, 2.24) is 5.32 Å². The minimum Gasteiger partial charge on any atom is -0.373 e. The molecule has 0 aliphatic carbocycles. The number of nitriles is 1. The summed E-state index contributed by atoms with van der Waals surface area (Å²) in [5.41, 5.74) is 0.507. The molecule has 2 rings (SSSR count). The molecule has 18 heavy (non-hydrogen) atoms. The molecule has 1 fully saturated rings. The maximum absolute atomic E-state index is 12.9. The van der Waals surface area contributed by atoms with Crippen LogP contribution in [0.4, 0.5) is 10.1 Å². The summed E-state index contributed by atoms with van der Waals surface area (Å²) in [6.07, 6.45) is 0.597. The van der Waals surface area contributed by atoms with Crippen molar-refractivity contribution in [2.24, 2.45) is 0 Å². The summed E-state index contributed by atoms with van der Waals surface area (Å²) in [5.74, 6) is -1.25. The highest BCUT2D eigenvalue weighted by Crippen LogP contribution is 2.19. The molecule has 1 aromatic carbocycles. The molecule has 1 atom stereocenters. The largest absolute Gasteiger partial charge is 0.373 e. The van der Waals surface area contributed by atoms with Crippen LogP contribution in [-0.2, 0) is 9.59 Å². The van der Waals surface area contributed by atoms with Gasteiger partial charge in [0.25, 0.3) is 0 Å². The molecule has 6 heteroatoms. The Morgan fingerprint density at radius 2 is 2.22 bits per heavy atom. The van der Waals surface area contributed by atoms with Gasteiger partial charge in [0, 0.05) is 6.42 Å². The zero-order valence-electron chi connectivity index (χ0n) is 9.37. The van der Waals surface area contributed by atoms with Crippen molar-refractivity contribution in [2.45, 2.75) is 18.9 Å². The van der Waals surface area contributed by atoms with Crippen LogP contribution in [-0.4, -0.2) is 17.9 Å². The lowest BCUT2D eigenvalue weighted by atomic mass is 10.0. The minimum atomic E-state index is -0.583. The summed E-state index contributed by atoms with van der Waals surface area (Å²) >= 11 is 0. The van der Waals surface area contributed by atoms with Gasteiger partial charge in [-0.05, 0) is 24.6 Å². The number of carbonyl (C=O) groups is 2. The maximum Gasteiger partial charge on any atom is 0.249 e. The Labute approximate surface area is 103 Å². The van der Waals surface area contributed by atoms with Crippen LogP contribution in [0.5, 0.6) is 0 Å². The Balaban J connectivity index is 2.17. The molecule has 92 valence electrons. The first-order chi connectivity index (χ1) is 8.60. The second-order valence-corrected chi connectivity index (χ2v) is 3.95. The zero-order chi connectivity index (χ0) is 13.1. The predicted molar refractivity (Wildman–Crippen MR) is 60.9 cm³/mol. The molecule has 0 radical (unpaired) electrons. The average molecular weight is 247 g/mol. The summed E-state index contributed by atoms with van der Waals surface area (Å²) in [5, 5.41) is 13.9. The van der Waals surface area contributed by atoms with E-state index in [9.17, 15) is 14.0 Å². The topological polar surface area (TPSA) is 82.0 Å². The Hall–Kier alpha value is -2.42. The van der Waals surface area contributed by atoms with Crippen LogP contribution in [0.15, 0.2) is 18.2 Å². The van der Waals surface area contributed by atoms with E-state index in [0.717, 1.165) is 6.07 Å². The highest BCUT2D eigenvalue weighted by Gasteiger charge is 2.26. The van der Waals surface area contributed by atoms with Crippen molar-refractivity contribution in [1.29, 1.82) is 5.26 Å².